The molecule has 2 unspecified atom stereocenters. The standard InChI is InChI=1S/C27H30F4O/c1-16(2)24(28)25(29)20(6)19(5)10-7-18(4)15-32-23-14-13-22(26(30)27(23)31)21-11-8-17(3)9-12-21/h8-9,11-14,18-19H,1,6-7,10,15H2,2-5H3/b25-24-. The molecule has 0 aliphatic rings. The van der Waals surface area contributed by atoms with Gasteiger partial charge in [-0.3, -0.25) is 0 Å². The molecule has 172 valence electrons. The van der Waals surface area contributed by atoms with Crippen LogP contribution >= 0.6 is 0 Å². The minimum atomic E-state index is -1.03. The molecule has 1 nitrogen and oxygen atoms in total. The maximum Gasteiger partial charge on any atom is 0.201 e. The number of halogens is 4. The molecule has 0 radical (unpaired) electrons. The van der Waals surface area contributed by atoms with Crippen molar-refractivity contribution in [1.29, 1.82) is 0 Å². The highest BCUT2D eigenvalue weighted by atomic mass is 19.2. The predicted molar refractivity (Wildman–Crippen MR) is 123 cm³/mol. The first-order valence-electron chi connectivity index (χ1n) is 10.6. The van der Waals surface area contributed by atoms with E-state index in [1.54, 1.807) is 19.1 Å². The maximum atomic E-state index is 14.6. The Kier molecular flexibility index (Phi) is 8.88. The Morgan fingerprint density at radius 3 is 2.12 bits per heavy atom. The second kappa shape index (κ2) is 11.2. The third-order valence-electron chi connectivity index (χ3n) is 5.47. The summed E-state index contributed by atoms with van der Waals surface area (Å²) in [5, 5.41) is 0. The van der Waals surface area contributed by atoms with Gasteiger partial charge in [-0.2, -0.15) is 4.39 Å². The van der Waals surface area contributed by atoms with Gasteiger partial charge >= 0.3 is 0 Å². The summed E-state index contributed by atoms with van der Waals surface area (Å²) in [7, 11) is 0. The van der Waals surface area contributed by atoms with Gasteiger partial charge in [0.1, 0.15) is 0 Å². The summed E-state index contributed by atoms with van der Waals surface area (Å²) < 4.78 is 62.4. The molecular formula is C27H30F4O. The lowest BCUT2D eigenvalue weighted by atomic mass is 9.92. The zero-order valence-corrected chi connectivity index (χ0v) is 19.1. The van der Waals surface area contributed by atoms with Crippen molar-refractivity contribution in [3.8, 4) is 16.9 Å². The summed E-state index contributed by atoms with van der Waals surface area (Å²) in [6.45, 7) is 14.2. The molecule has 5 heteroatoms. The van der Waals surface area contributed by atoms with Gasteiger partial charge in [0.15, 0.2) is 23.2 Å². The molecule has 0 aromatic heterocycles. The van der Waals surface area contributed by atoms with Crippen LogP contribution in [-0.2, 0) is 0 Å². The van der Waals surface area contributed by atoms with Crippen LogP contribution in [0.25, 0.3) is 11.1 Å². The number of aryl methyl sites for hydroxylation is 1. The molecule has 0 fully saturated rings. The highest BCUT2D eigenvalue weighted by Gasteiger charge is 2.19. The summed E-state index contributed by atoms with van der Waals surface area (Å²) in [6, 6.07) is 10.1. The molecule has 0 bridgehead atoms. The monoisotopic (exact) mass is 446 g/mol. The van der Waals surface area contributed by atoms with Crippen molar-refractivity contribution in [3.05, 3.63) is 89.6 Å². The van der Waals surface area contributed by atoms with Gasteiger partial charge in [-0.15, -0.1) is 0 Å². The van der Waals surface area contributed by atoms with E-state index >= 15 is 0 Å². The lowest BCUT2D eigenvalue weighted by molar-refractivity contribution is 0.234. The Morgan fingerprint density at radius 2 is 1.53 bits per heavy atom. The van der Waals surface area contributed by atoms with Crippen molar-refractivity contribution < 1.29 is 22.3 Å². The first-order chi connectivity index (χ1) is 15.0. The summed E-state index contributed by atoms with van der Waals surface area (Å²) in [5.41, 5.74) is 1.89. The number of hydrogen-bond acceptors (Lipinski definition) is 1. The summed E-state index contributed by atoms with van der Waals surface area (Å²) in [5.74, 6) is -4.39. The van der Waals surface area contributed by atoms with E-state index in [4.69, 9.17) is 4.74 Å². The fraction of sp³-hybridized carbons (Fsp3) is 0.333. The number of hydrogen-bond donors (Lipinski definition) is 0. The van der Waals surface area contributed by atoms with Crippen LogP contribution in [0.15, 0.2) is 72.4 Å². The number of allylic oxidation sites excluding steroid dienone is 4. The van der Waals surface area contributed by atoms with Crippen molar-refractivity contribution in [1.82, 2.24) is 0 Å². The molecule has 2 atom stereocenters. The summed E-state index contributed by atoms with van der Waals surface area (Å²) in [4.78, 5) is 0. The van der Waals surface area contributed by atoms with E-state index in [0.717, 1.165) is 5.56 Å². The Morgan fingerprint density at radius 1 is 0.906 bits per heavy atom. The van der Waals surface area contributed by atoms with E-state index in [9.17, 15) is 17.6 Å². The van der Waals surface area contributed by atoms with E-state index in [0.29, 0.717) is 18.4 Å². The molecule has 0 aliphatic carbocycles. The Balaban J connectivity index is 1.95. The highest BCUT2D eigenvalue weighted by molar-refractivity contribution is 5.65. The van der Waals surface area contributed by atoms with Gasteiger partial charge in [-0.05, 0) is 67.4 Å². The first kappa shape index (κ1) is 25.4. The second-order valence-electron chi connectivity index (χ2n) is 8.43. The Labute approximate surface area is 188 Å². The first-order valence-corrected chi connectivity index (χ1v) is 10.6. The number of ether oxygens (including phenoxy) is 1. The SMILES string of the molecule is C=C(C)/C(F)=C(/F)C(=C)C(C)CCC(C)COc1ccc(-c2ccc(C)cc2)c(F)c1F. The lowest BCUT2D eigenvalue weighted by Gasteiger charge is -2.18. The van der Waals surface area contributed by atoms with Gasteiger partial charge < -0.3 is 4.74 Å². The molecular weight excluding hydrogens is 416 g/mol. The van der Waals surface area contributed by atoms with Gasteiger partial charge in [0.2, 0.25) is 5.82 Å². The fourth-order valence-electron chi connectivity index (χ4n) is 3.17. The van der Waals surface area contributed by atoms with Gasteiger partial charge in [0.25, 0.3) is 0 Å². The van der Waals surface area contributed by atoms with E-state index in [2.05, 4.69) is 13.2 Å². The van der Waals surface area contributed by atoms with Gasteiger partial charge in [-0.25, -0.2) is 13.2 Å². The zero-order valence-electron chi connectivity index (χ0n) is 19.1. The normalized spacial score (nSPS) is 13.9. The quantitative estimate of drug-likeness (QED) is 0.262. The third kappa shape index (κ3) is 6.35. The van der Waals surface area contributed by atoms with E-state index in [-0.39, 0.29) is 40.9 Å². The molecule has 0 spiro atoms. The summed E-state index contributed by atoms with van der Waals surface area (Å²) >= 11 is 0. The van der Waals surface area contributed by atoms with Crippen molar-refractivity contribution in [2.75, 3.05) is 6.61 Å². The minimum absolute atomic E-state index is 0.0116. The largest absolute Gasteiger partial charge is 0.490 e. The van der Waals surface area contributed by atoms with Crippen molar-refractivity contribution >= 4 is 0 Å². The average molecular weight is 447 g/mol. The molecule has 32 heavy (non-hydrogen) atoms. The fourth-order valence-corrected chi connectivity index (χ4v) is 3.17. The Bertz CT molecular complexity index is 1010. The van der Waals surface area contributed by atoms with E-state index in [1.165, 1.54) is 19.1 Å². The number of benzene rings is 2. The zero-order chi connectivity index (χ0) is 24.0. The van der Waals surface area contributed by atoms with Crippen molar-refractivity contribution in [3.63, 3.8) is 0 Å². The van der Waals surface area contributed by atoms with E-state index in [1.807, 2.05) is 26.0 Å². The topological polar surface area (TPSA) is 9.23 Å². The maximum absolute atomic E-state index is 14.6. The van der Waals surface area contributed by atoms with Crippen LogP contribution in [0, 0.1) is 30.4 Å². The Hall–Kier alpha value is -2.82. The van der Waals surface area contributed by atoms with Crippen molar-refractivity contribution in [2.45, 2.75) is 40.5 Å². The molecule has 0 amide bonds. The van der Waals surface area contributed by atoms with Crippen LogP contribution in [0.1, 0.15) is 39.2 Å². The smallest absolute Gasteiger partial charge is 0.201 e. The predicted octanol–water partition coefficient (Wildman–Crippen LogP) is 8.65. The van der Waals surface area contributed by atoms with Gasteiger partial charge in [-0.1, -0.05) is 56.8 Å². The van der Waals surface area contributed by atoms with Crippen LogP contribution in [0.5, 0.6) is 5.75 Å². The highest BCUT2D eigenvalue weighted by Crippen LogP contribution is 2.32. The molecule has 0 saturated carbocycles. The van der Waals surface area contributed by atoms with Gasteiger partial charge in [0, 0.05) is 5.56 Å². The average Bonchev–Trinajstić information content (AvgIpc) is 2.77. The molecule has 2 aromatic carbocycles. The van der Waals surface area contributed by atoms with Crippen molar-refractivity contribution in [2.24, 2.45) is 11.8 Å². The molecule has 0 aliphatic heterocycles. The summed E-state index contributed by atoms with van der Waals surface area (Å²) in [6.07, 6.45) is 1.16. The van der Waals surface area contributed by atoms with Crippen LogP contribution in [0.2, 0.25) is 0 Å². The minimum Gasteiger partial charge on any atom is -0.490 e. The van der Waals surface area contributed by atoms with Crippen LogP contribution in [0.4, 0.5) is 17.6 Å². The molecule has 2 rings (SSSR count). The lowest BCUT2D eigenvalue weighted by Crippen LogP contribution is -2.12. The molecule has 0 N–H and O–H groups in total. The van der Waals surface area contributed by atoms with Crippen LogP contribution < -0.4 is 4.74 Å². The van der Waals surface area contributed by atoms with E-state index < -0.39 is 23.3 Å². The molecule has 0 saturated heterocycles. The van der Waals surface area contributed by atoms with Crippen LogP contribution in [0.3, 0.4) is 0 Å². The molecule has 0 heterocycles. The van der Waals surface area contributed by atoms with Gasteiger partial charge in [0.05, 0.1) is 6.61 Å². The molecule has 2 aromatic rings. The second-order valence-corrected chi connectivity index (χ2v) is 8.43. The van der Waals surface area contributed by atoms with Crippen LogP contribution in [-0.4, -0.2) is 6.61 Å². The third-order valence-corrected chi connectivity index (χ3v) is 5.47. The number of rotatable bonds is 10.